The molecule has 1 aromatic heterocycles. The number of nitrogens with one attached hydrogen (secondary N) is 2. The van der Waals surface area contributed by atoms with E-state index in [0.717, 1.165) is 6.08 Å². The molecule has 1 aliphatic rings. The molecule has 6 N–H and O–H groups in total. The van der Waals surface area contributed by atoms with Gasteiger partial charge in [-0.2, -0.15) is 0 Å². The summed E-state index contributed by atoms with van der Waals surface area (Å²) in [5, 5.41) is 3.45. The van der Waals surface area contributed by atoms with Crippen molar-refractivity contribution in [3.05, 3.63) is 66.3 Å². The molecule has 3 aromatic rings. The Morgan fingerprint density at radius 3 is 2.45 bits per heavy atom. The first-order valence-electron chi connectivity index (χ1n) is 12.9. The number of halogens is 1. The third kappa shape index (κ3) is 8.72. The van der Waals surface area contributed by atoms with E-state index in [1.807, 2.05) is 4.90 Å². The molecular formula is C26H28ClN5O10P2. The average Bonchev–Trinajstić information content (AvgIpc) is 2.97. The summed E-state index contributed by atoms with van der Waals surface area (Å²) < 4.78 is 34.0. The van der Waals surface area contributed by atoms with E-state index in [2.05, 4.69) is 27.2 Å². The maximum absolute atomic E-state index is 12.6. The molecule has 0 radical (unpaired) electrons. The zero-order valence-electron chi connectivity index (χ0n) is 22.9. The van der Waals surface area contributed by atoms with Crippen LogP contribution in [0.2, 0.25) is 5.02 Å². The number of hydrogen-bond acceptors (Lipinski definition) is 10. The Morgan fingerprint density at radius 1 is 1.09 bits per heavy atom. The molecule has 0 spiro atoms. The van der Waals surface area contributed by atoms with E-state index in [1.54, 1.807) is 30.3 Å². The van der Waals surface area contributed by atoms with Crippen molar-refractivity contribution in [1.82, 2.24) is 9.97 Å². The minimum atomic E-state index is -5.33. The highest BCUT2D eigenvalue weighted by Gasteiger charge is 2.45. The number of carbonyl (C=O) groups excluding carboxylic acids is 2. The van der Waals surface area contributed by atoms with Gasteiger partial charge in [-0.1, -0.05) is 30.3 Å². The molecule has 1 saturated heterocycles. The highest BCUT2D eigenvalue weighted by Crippen LogP contribution is 2.61. The number of hydrogen-bond donors (Lipinski definition) is 6. The van der Waals surface area contributed by atoms with Crippen molar-refractivity contribution < 1.29 is 47.8 Å². The Kier molecular flexibility index (Phi) is 10.6. The van der Waals surface area contributed by atoms with Crippen molar-refractivity contribution in [2.75, 3.05) is 41.8 Å². The lowest BCUT2D eigenvalue weighted by atomic mass is 10.1. The normalized spacial score (nSPS) is 13.8. The molecule has 1 fully saturated rings. The minimum Gasteiger partial charge on any atom is -0.424 e. The summed E-state index contributed by atoms with van der Waals surface area (Å²) in [6.45, 7) is 5.02. The fourth-order valence-corrected chi connectivity index (χ4v) is 6.72. The van der Waals surface area contributed by atoms with Gasteiger partial charge in [0.15, 0.2) is 11.1 Å². The van der Waals surface area contributed by atoms with Crippen LogP contribution in [0.5, 0.6) is 5.75 Å². The predicted molar refractivity (Wildman–Crippen MR) is 162 cm³/mol. The molecule has 0 atom stereocenters. The summed E-state index contributed by atoms with van der Waals surface area (Å²) >= 11 is 6.39. The maximum atomic E-state index is 12.6. The molecule has 0 saturated carbocycles. The van der Waals surface area contributed by atoms with Gasteiger partial charge in [0.05, 0.1) is 42.2 Å². The first-order valence-corrected chi connectivity index (χ1v) is 16.6. The van der Waals surface area contributed by atoms with E-state index in [1.165, 1.54) is 18.3 Å². The number of anilines is 4. The number of carbonyl (C=O) groups is 2. The van der Waals surface area contributed by atoms with E-state index < -0.39 is 33.0 Å². The van der Waals surface area contributed by atoms with E-state index in [9.17, 15) is 38.3 Å². The number of benzene rings is 2. The molecule has 2 heterocycles. The van der Waals surface area contributed by atoms with Gasteiger partial charge in [-0.25, -0.2) is 9.97 Å². The van der Waals surface area contributed by atoms with Crippen molar-refractivity contribution in [2.45, 2.75) is 11.8 Å². The molecule has 18 heteroatoms. The van der Waals surface area contributed by atoms with Crippen molar-refractivity contribution in [1.29, 1.82) is 0 Å². The molecule has 234 valence electrons. The van der Waals surface area contributed by atoms with Crippen LogP contribution in [-0.4, -0.2) is 73.1 Å². The van der Waals surface area contributed by atoms with Crippen LogP contribution < -0.4 is 20.3 Å². The van der Waals surface area contributed by atoms with Gasteiger partial charge < -0.3 is 44.6 Å². The van der Waals surface area contributed by atoms with Gasteiger partial charge in [0.1, 0.15) is 0 Å². The molecule has 0 unspecified atom stereocenters. The molecule has 15 nitrogen and oxygen atoms in total. The van der Waals surface area contributed by atoms with Crippen LogP contribution in [0.1, 0.15) is 6.42 Å². The second-order valence-electron chi connectivity index (χ2n) is 9.41. The van der Waals surface area contributed by atoms with Crippen LogP contribution in [0.15, 0.2) is 61.3 Å². The fourth-order valence-electron chi connectivity index (χ4n) is 4.18. The standard InChI is InChI=1S/C26H28ClN5O10P2/c1-2-22(33)29-17-5-3-4-16(12-17)25-19(27)15-28-26(31-25)30-18-6-7-21(20(13-18)32-8-10-41-11-9-32)42-23(34)14-24(43(35,36)37)44(38,39)40/h2-7,12-13,15,24H,1,8-11,14H2,(H,29,33)(H,28,30,31)(H2,35,36,37)(H2,38,39,40). The smallest absolute Gasteiger partial charge is 0.341 e. The van der Waals surface area contributed by atoms with Crippen LogP contribution in [-0.2, 0) is 23.5 Å². The number of ether oxygens (including phenoxy) is 2. The van der Waals surface area contributed by atoms with Crippen LogP contribution in [0, 0.1) is 0 Å². The number of esters is 1. The van der Waals surface area contributed by atoms with Crippen molar-refractivity contribution in [3.8, 4) is 17.0 Å². The van der Waals surface area contributed by atoms with Gasteiger partial charge in [-0.15, -0.1) is 0 Å². The lowest BCUT2D eigenvalue weighted by Crippen LogP contribution is -2.36. The number of nitrogens with zero attached hydrogens (tertiary/aromatic N) is 3. The Bertz CT molecular complexity index is 1640. The third-order valence-electron chi connectivity index (χ3n) is 6.25. The maximum Gasteiger partial charge on any atom is 0.341 e. The van der Waals surface area contributed by atoms with Crippen LogP contribution >= 0.6 is 26.8 Å². The van der Waals surface area contributed by atoms with Gasteiger partial charge in [0.25, 0.3) is 0 Å². The SMILES string of the molecule is C=CC(=O)Nc1cccc(-c2nc(Nc3ccc(OC(=O)CC(P(=O)(O)O)P(=O)(O)O)c(N4CCOCC4)c3)ncc2Cl)c1. The van der Waals surface area contributed by atoms with Crippen molar-refractivity contribution in [3.63, 3.8) is 0 Å². The second-order valence-corrected chi connectivity index (χ2v) is 13.8. The first-order chi connectivity index (χ1) is 20.7. The summed E-state index contributed by atoms with van der Waals surface area (Å²) in [5.74, 6) is -1.47. The van der Waals surface area contributed by atoms with Gasteiger partial charge in [0, 0.05) is 30.0 Å². The molecule has 44 heavy (non-hydrogen) atoms. The molecule has 2 aromatic carbocycles. The minimum absolute atomic E-state index is 0.00581. The molecule has 1 amide bonds. The van der Waals surface area contributed by atoms with Crippen LogP contribution in [0.25, 0.3) is 11.3 Å². The summed E-state index contributed by atoms with van der Waals surface area (Å²) in [6, 6.07) is 11.4. The Balaban J connectivity index is 1.61. The van der Waals surface area contributed by atoms with Crippen molar-refractivity contribution >= 4 is 61.7 Å². The van der Waals surface area contributed by atoms with Crippen molar-refractivity contribution in [2.24, 2.45) is 0 Å². The lowest BCUT2D eigenvalue weighted by molar-refractivity contribution is -0.134. The average molecular weight is 668 g/mol. The topological polar surface area (TPSA) is 221 Å². The zero-order chi connectivity index (χ0) is 32.1. The van der Waals surface area contributed by atoms with Crippen LogP contribution in [0.4, 0.5) is 23.0 Å². The summed E-state index contributed by atoms with van der Waals surface area (Å²) in [5.41, 5.74) is 2.35. The van der Waals surface area contributed by atoms with Gasteiger partial charge in [0.2, 0.25) is 11.9 Å². The monoisotopic (exact) mass is 667 g/mol. The largest absolute Gasteiger partial charge is 0.424 e. The van der Waals surface area contributed by atoms with Gasteiger partial charge in [-0.05, 0) is 36.4 Å². The highest BCUT2D eigenvalue weighted by molar-refractivity contribution is 7.70. The summed E-state index contributed by atoms with van der Waals surface area (Å²) in [6.07, 6.45) is 1.33. The Morgan fingerprint density at radius 2 is 1.80 bits per heavy atom. The molecule has 0 aliphatic carbocycles. The second kappa shape index (κ2) is 14.0. The lowest BCUT2D eigenvalue weighted by Gasteiger charge is -2.30. The zero-order valence-corrected chi connectivity index (χ0v) is 25.4. The number of aromatic nitrogens is 2. The highest BCUT2D eigenvalue weighted by atomic mass is 35.5. The molecule has 0 bridgehead atoms. The summed E-state index contributed by atoms with van der Waals surface area (Å²) in [4.78, 5) is 72.4. The number of amides is 1. The first kappa shape index (κ1) is 33.2. The van der Waals surface area contributed by atoms with E-state index >= 15 is 0 Å². The molecule has 4 rings (SSSR count). The van der Waals surface area contributed by atoms with E-state index in [0.29, 0.717) is 54.6 Å². The number of rotatable bonds is 11. The Labute approximate surface area is 256 Å². The third-order valence-corrected chi connectivity index (χ3v) is 10.2. The fraction of sp³-hybridized carbons (Fsp3) is 0.231. The number of morpholine rings is 1. The van der Waals surface area contributed by atoms with E-state index in [4.69, 9.17) is 21.1 Å². The quantitative estimate of drug-likeness (QED) is 0.0746. The van der Waals surface area contributed by atoms with Crippen LogP contribution in [0.3, 0.4) is 0 Å². The summed E-state index contributed by atoms with van der Waals surface area (Å²) in [7, 11) is -10.7. The molecular weight excluding hydrogens is 640 g/mol. The predicted octanol–water partition coefficient (Wildman–Crippen LogP) is 3.48. The Hall–Kier alpha value is -3.65. The molecule has 1 aliphatic heterocycles. The van der Waals surface area contributed by atoms with Gasteiger partial charge >= 0.3 is 21.2 Å². The van der Waals surface area contributed by atoms with E-state index in [-0.39, 0.29) is 22.6 Å². The van der Waals surface area contributed by atoms with Gasteiger partial charge in [-0.3, -0.25) is 18.7 Å².